The van der Waals surface area contributed by atoms with Crippen LogP contribution in [0.5, 0.6) is 11.5 Å². The summed E-state index contributed by atoms with van der Waals surface area (Å²) in [6.07, 6.45) is 0.844. The molecule has 0 spiro atoms. The number of rotatable bonds is 3. The van der Waals surface area contributed by atoms with E-state index in [0.717, 1.165) is 30.2 Å². The molecule has 0 bridgehead atoms. The van der Waals surface area contributed by atoms with Crippen LogP contribution < -0.4 is 14.8 Å². The van der Waals surface area contributed by atoms with Crippen molar-refractivity contribution < 1.29 is 18.3 Å². The van der Waals surface area contributed by atoms with Crippen molar-refractivity contribution in [3.63, 3.8) is 0 Å². The third kappa shape index (κ3) is 3.24. The van der Waals surface area contributed by atoms with Crippen molar-refractivity contribution >= 4 is 5.69 Å². The zero-order valence-electron chi connectivity index (χ0n) is 11.4. The van der Waals surface area contributed by atoms with Gasteiger partial charge in [-0.1, -0.05) is 6.07 Å². The summed E-state index contributed by atoms with van der Waals surface area (Å²) in [6, 6.07) is 8.89. The molecule has 2 aromatic carbocycles. The summed E-state index contributed by atoms with van der Waals surface area (Å²) in [5.74, 6) is 0.447. The Bertz CT molecular complexity index is 646. The first-order valence-corrected chi connectivity index (χ1v) is 6.80. The van der Waals surface area contributed by atoms with Crippen LogP contribution in [0.25, 0.3) is 0 Å². The highest BCUT2D eigenvalue weighted by Gasteiger charge is 2.11. The zero-order valence-corrected chi connectivity index (χ0v) is 11.4. The maximum atomic E-state index is 13.5. The highest BCUT2D eigenvalue weighted by molar-refractivity contribution is 5.48. The van der Waals surface area contributed by atoms with Gasteiger partial charge in [0.05, 0.1) is 18.9 Å². The molecular formula is C16H15F2NO2. The Hall–Kier alpha value is -2.30. The summed E-state index contributed by atoms with van der Waals surface area (Å²) in [5, 5.41) is 2.88. The molecule has 1 aliphatic heterocycles. The van der Waals surface area contributed by atoms with E-state index < -0.39 is 11.6 Å². The molecule has 2 aromatic rings. The van der Waals surface area contributed by atoms with Crippen LogP contribution in [0.1, 0.15) is 12.0 Å². The van der Waals surface area contributed by atoms with Crippen molar-refractivity contribution in [3.05, 3.63) is 53.6 Å². The molecule has 21 heavy (non-hydrogen) atoms. The van der Waals surface area contributed by atoms with Gasteiger partial charge in [-0.15, -0.1) is 0 Å². The Morgan fingerprint density at radius 2 is 1.76 bits per heavy atom. The van der Waals surface area contributed by atoms with Gasteiger partial charge in [0.2, 0.25) is 0 Å². The highest BCUT2D eigenvalue weighted by Crippen LogP contribution is 2.30. The summed E-state index contributed by atoms with van der Waals surface area (Å²) >= 11 is 0. The van der Waals surface area contributed by atoms with Gasteiger partial charge in [0.1, 0.15) is 11.6 Å². The summed E-state index contributed by atoms with van der Waals surface area (Å²) in [5.41, 5.74) is 1.05. The topological polar surface area (TPSA) is 30.5 Å². The normalized spacial score (nSPS) is 13.6. The van der Waals surface area contributed by atoms with Crippen LogP contribution in [0.3, 0.4) is 0 Å². The SMILES string of the molecule is Fc1ccc(F)c(NCc2ccc3c(c2)OCCCO3)c1. The van der Waals surface area contributed by atoms with E-state index in [-0.39, 0.29) is 5.69 Å². The van der Waals surface area contributed by atoms with E-state index in [4.69, 9.17) is 9.47 Å². The number of fused-ring (bicyclic) bond motifs is 1. The molecule has 0 fully saturated rings. The molecule has 0 unspecified atom stereocenters. The van der Waals surface area contributed by atoms with E-state index in [2.05, 4.69) is 5.32 Å². The third-order valence-electron chi connectivity index (χ3n) is 3.22. The highest BCUT2D eigenvalue weighted by atomic mass is 19.1. The van der Waals surface area contributed by atoms with E-state index in [0.29, 0.717) is 31.3 Å². The van der Waals surface area contributed by atoms with Crippen LogP contribution in [-0.2, 0) is 6.54 Å². The number of hydrogen-bond acceptors (Lipinski definition) is 3. The second-order valence-electron chi connectivity index (χ2n) is 4.81. The standard InChI is InChI=1S/C16H15F2NO2/c17-12-3-4-13(18)14(9-12)19-10-11-2-5-15-16(8-11)21-7-1-6-20-15/h2-5,8-9,19H,1,6-7,10H2. The first-order chi connectivity index (χ1) is 10.2. The van der Waals surface area contributed by atoms with Crippen molar-refractivity contribution in [2.24, 2.45) is 0 Å². The van der Waals surface area contributed by atoms with Crippen LogP contribution in [0.2, 0.25) is 0 Å². The van der Waals surface area contributed by atoms with Crippen molar-refractivity contribution in [2.45, 2.75) is 13.0 Å². The maximum absolute atomic E-state index is 13.5. The average Bonchev–Trinajstić information content (AvgIpc) is 2.73. The monoisotopic (exact) mass is 291 g/mol. The Labute approximate surface area is 121 Å². The van der Waals surface area contributed by atoms with Crippen LogP contribution in [-0.4, -0.2) is 13.2 Å². The van der Waals surface area contributed by atoms with Crippen LogP contribution in [0, 0.1) is 11.6 Å². The minimum absolute atomic E-state index is 0.141. The molecule has 0 amide bonds. The summed E-state index contributed by atoms with van der Waals surface area (Å²) < 4.78 is 37.8. The Kier molecular flexibility index (Phi) is 3.90. The summed E-state index contributed by atoms with van der Waals surface area (Å²) in [4.78, 5) is 0. The Morgan fingerprint density at radius 1 is 0.952 bits per heavy atom. The lowest BCUT2D eigenvalue weighted by Crippen LogP contribution is -2.02. The maximum Gasteiger partial charge on any atom is 0.161 e. The van der Waals surface area contributed by atoms with Gasteiger partial charge in [-0.25, -0.2) is 8.78 Å². The van der Waals surface area contributed by atoms with E-state index >= 15 is 0 Å². The second kappa shape index (κ2) is 5.99. The predicted octanol–water partition coefficient (Wildman–Crippen LogP) is 3.74. The molecule has 1 N–H and O–H groups in total. The number of anilines is 1. The van der Waals surface area contributed by atoms with E-state index in [1.165, 1.54) is 0 Å². The first-order valence-electron chi connectivity index (χ1n) is 6.80. The van der Waals surface area contributed by atoms with Crippen LogP contribution >= 0.6 is 0 Å². The average molecular weight is 291 g/mol. The summed E-state index contributed by atoms with van der Waals surface area (Å²) in [7, 11) is 0. The summed E-state index contributed by atoms with van der Waals surface area (Å²) in [6.45, 7) is 1.62. The van der Waals surface area contributed by atoms with Gasteiger partial charge < -0.3 is 14.8 Å². The number of ether oxygens (including phenoxy) is 2. The zero-order chi connectivity index (χ0) is 14.7. The minimum atomic E-state index is -0.481. The lowest BCUT2D eigenvalue weighted by Gasteiger charge is -2.11. The molecule has 0 aliphatic carbocycles. The molecule has 5 heteroatoms. The lowest BCUT2D eigenvalue weighted by molar-refractivity contribution is 0.297. The molecule has 0 aromatic heterocycles. The number of halogens is 2. The second-order valence-corrected chi connectivity index (χ2v) is 4.81. The van der Waals surface area contributed by atoms with Gasteiger partial charge in [0.15, 0.2) is 11.5 Å². The third-order valence-corrected chi connectivity index (χ3v) is 3.22. The van der Waals surface area contributed by atoms with Gasteiger partial charge in [0.25, 0.3) is 0 Å². The number of benzene rings is 2. The fourth-order valence-electron chi connectivity index (χ4n) is 2.15. The van der Waals surface area contributed by atoms with E-state index in [1.54, 1.807) is 0 Å². The predicted molar refractivity (Wildman–Crippen MR) is 75.7 cm³/mol. The Morgan fingerprint density at radius 3 is 2.62 bits per heavy atom. The molecule has 0 saturated heterocycles. The molecule has 0 saturated carbocycles. The molecule has 1 heterocycles. The number of nitrogens with one attached hydrogen (secondary N) is 1. The van der Waals surface area contributed by atoms with Crippen LogP contribution in [0.4, 0.5) is 14.5 Å². The van der Waals surface area contributed by atoms with Gasteiger partial charge in [-0.2, -0.15) is 0 Å². The van der Waals surface area contributed by atoms with Crippen molar-refractivity contribution in [3.8, 4) is 11.5 Å². The Balaban J connectivity index is 1.73. The van der Waals surface area contributed by atoms with Crippen LogP contribution in [0.15, 0.2) is 36.4 Å². The van der Waals surface area contributed by atoms with Crippen molar-refractivity contribution in [1.82, 2.24) is 0 Å². The van der Waals surface area contributed by atoms with Gasteiger partial charge in [-0.3, -0.25) is 0 Å². The van der Waals surface area contributed by atoms with Gasteiger partial charge in [-0.05, 0) is 35.9 Å². The molecule has 1 aliphatic rings. The molecular weight excluding hydrogens is 276 g/mol. The fraction of sp³-hybridized carbons (Fsp3) is 0.250. The lowest BCUT2D eigenvalue weighted by atomic mass is 10.2. The smallest absolute Gasteiger partial charge is 0.161 e. The first kappa shape index (κ1) is 13.7. The largest absolute Gasteiger partial charge is 0.490 e. The van der Waals surface area contributed by atoms with Gasteiger partial charge in [0, 0.05) is 13.0 Å². The molecule has 3 rings (SSSR count). The van der Waals surface area contributed by atoms with Crippen molar-refractivity contribution in [1.29, 1.82) is 0 Å². The molecule has 3 nitrogen and oxygen atoms in total. The van der Waals surface area contributed by atoms with E-state index in [1.807, 2.05) is 18.2 Å². The molecule has 110 valence electrons. The molecule has 0 atom stereocenters. The molecule has 0 radical (unpaired) electrons. The van der Waals surface area contributed by atoms with Crippen molar-refractivity contribution in [2.75, 3.05) is 18.5 Å². The van der Waals surface area contributed by atoms with Gasteiger partial charge >= 0.3 is 0 Å². The fourth-order valence-corrected chi connectivity index (χ4v) is 2.15. The minimum Gasteiger partial charge on any atom is -0.490 e. The van der Waals surface area contributed by atoms with E-state index in [9.17, 15) is 8.78 Å². The number of hydrogen-bond donors (Lipinski definition) is 1. The quantitative estimate of drug-likeness (QED) is 0.934.